The first-order valence-electron chi connectivity index (χ1n) is 6.98. The second-order valence-corrected chi connectivity index (χ2v) is 5.68. The molecule has 2 unspecified atom stereocenters. The summed E-state index contributed by atoms with van der Waals surface area (Å²) < 4.78 is 5.91. The van der Waals surface area contributed by atoms with Gasteiger partial charge >= 0.3 is 0 Å². The molecule has 0 aliphatic carbocycles. The molecule has 1 aliphatic rings. The van der Waals surface area contributed by atoms with Crippen LogP contribution in [0.15, 0.2) is 24.5 Å². The number of halogens is 1. The molecule has 3 rings (SSSR count). The van der Waals surface area contributed by atoms with Crippen molar-refractivity contribution < 1.29 is 4.74 Å². The topological polar surface area (TPSA) is 38.2 Å². The Morgan fingerprint density at radius 1 is 1.35 bits per heavy atom. The van der Waals surface area contributed by atoms with E-state index < -0.39 is 0 Å². The zero-order chi connectivity index (χ0) is 14.1. The van der Waals surface area contributed by atoms with Crippen molar-refractivity contribution >= 4 is 28.3 Å². The van der Waals surface area contributed by atoms with Crippen LogP contribution in [0.25, 0.3) is 10.9 Å². The number of rotatable bonds is 2. The fraction of sp³-hybridized carbons (Fsp3) is 0.467. The molecule has 106 valence electrons. The molecular formula is C15H18ClN3O. The first-order valence-corrected chi connectivity index (χ1v) is 7.36. The SMILES string of the molecule is CCC1CN(c2ncnc3cc(Cl)ccc23)CC(C)O1. The van der Waals surface area contributed by atoms with Crippen LogP contribution < -0.4 is 4.90 Å². The summed E-state index contributed by atoms with van der Waals surface area (Å²) in [4.78, 5) is 11.1. The molecule has 20 heavy (non-hydrogen) atoms. The van der Waals surface area contributed by atoms with Gasteiger partial charge in [-0.3, -0.25) is 0 Å². The molecule has 1 aliphatic heterocycles. The number of benzene rings is 1. The van der Waals surface area contributed by atoms with E-state index in [4.69, 9.17) is 16.3 Å². The lowest BCUT2D eigenvalue weighted by atomic mass is 10.1. The van der Waals surface area contributed by atoms with Gasteiger partial charge in [0.2, 0.25) is 0 Å². The third-order valence-corrected chi connectivity index (χ3v) is 3.89. The monoisotopic (exact) mass is 291 g/mol. The summed E-state index contributed by atoms with van der Waals surface area (Å²) >= 11 is 6.03. The Bertz CT molecular complexity index is 619. The molecule has 1 saturated heterocycles. The number of anilines is 1. The second kappa shape index (κ2) is 5.54. The fourth-order valence-corrected chi connectivity index (χ4v) is 2.88. The minimum Gasteiger partial charge on any atom is -0.372 e. The Hall–Kier alpha value is -1.39. The number of morpholine rings is 1. The van der Waals surface area contributed by atoms with E-state index in [1.165, 1.54) is 0 Å². The highest BCUT2D eigenvalue weighted by Gasteiger charge is 2.26. The van der Waals surface area contributed by atoms with Gasteiger partial charge in [0, 0.05) is 23.5 Å². The quantitative estimate of drug-likeness (QED) is 0.851. The highest BCUT2D eigenvalue weighted by atomic mass is 35.5. The van der Waals surface area contributed by atoms with E-state index in [1.54, 1.807) is 6.33 Å². The number of aromatic nitrogens is 2. The highest BCUT2D eigenvalue weighted by molar-refractivity contribution is 6.31. The molecule has 2 atom stereocenters. The van der Waals surface area contributed by atoms with Gasteiger partial charge in [-0.1, -0.05) is 18.5 Å². The van der Waals surface area contributed by atoms with Crippen molar-refractivity contribution in [3.63, 3.8) is 0 Å². The summed E-state index contributed by atoms with van der Waals surface area (Å²) in [7, 11) is 0. The predicted octanol–water partition coefficient (Wildman–Crippen LogP) is 3.29. The highest BCUT2D eigenvalue weighted by Crippen LogP contribution is 2.28. The fourth-order valence-electron chi connectivity index (χ4n) is 2.71. The zero-order valence-corrected chi connectivity index (χ0v) is 12.5. The van der Waals surface area contributed by atoms with E-state index in [0.29, 0.717) is 5.02 Å². The minimum absolute atomic E-state index is 0.214. The van der Waals surface area contributed by atoms with Crippen LogP contribution in [0.3, 0.4) is 0 Å². The van der Waals surface area contributed by atoms with Crippen molar-refractivity contribution in [1.82, 2.24) is 9.97 Å². The lowest BCUT2D eigenvalue weighted by Crippen LogP contribution is -2.46. The maximum atomic E-state index is 6.03. The number of fused-ring (bicyclic) bond motifs is 1. The number of hydrogen-bond donors (Lipinski definition) is 0. The Kier molecular flexibility index (Phi) is 3.76. The van der Waals surface area contributed by atoms with Gasteiger partial charge in [-0.25, -0.2) is 9.97 Å². The minimum atomic E-state index is 0.214. The van der Waals surface area contributed by atoms with Gasteiger partial charge in [-0.05, 0) is 31.5 Å². The molecule has 0 radical (unpaired) electrons. The predicted molar refractivity (Wildman–Crippen MR) is 81.4 cm³/mol. The third-order valence-electron chi connectivity index (χ3n) is 3.66. The van der Waals surface area contributed by atoms with Gasteiger partial charge in [-0.2, -0.15) is 0 Å². The Morgan fingerprint density at radius 3 is 3.00 bits per heavy atom. The maximum Gasteiger partial charge on any atom is 0.140 e. The van der Waals surface area contributed by atoms with Crippen LogP contribution in [0.4, 0.5) is 5.82 Å². The van der Waals surface area contributed by atoms with Gasteiger partial charge in [0.1, 0.15) is 12.1 Å². The molecule has 1 aromatic carbocycles. The van der Waals surface area contributed by atoms with Gasteiger partial charge in [0.25, 0.3) is 0 Å². The van der Waals surface area contributed by atoms with Crippen LogP contribution >= 0.6 is 11.6 Å². The summed E-state index contributed by atoms with van der Waals surface area (Å²) in [5.41, 5.74) is 0.884. The Morgan fingerprint density at radius 2 is 2.20 bits per heavy atom. The molecule has 5 heteroatoms. The second-order valence-electron chi connectivity index (χ2n) is 5.24. The summed E-state index contributed by atoms with van der Waals surface area (Å²) in [6, 6.07) is 5.76. The molecule has 2 aromatic rings. The van der Waals surface area contributed by atoms with Crippen LogP contribution in [0.2, 0.25) is 5.02 Å². The molecule has 0 spiro atoms. The van der Waals surface area contributed by atoms with E-state index >= 15 is 0 Å². The van der Waals surface area contributed by atoms with Crippen LogP contribution in [0, 0.1) is 0 Å². The molecule has 4 nitrogen and oxygen atoms in total. The van der Waals surface area contributed by atoms with Crippen molar-refractivity contribution in [2.75, 3.05) is 18.0 Å². The van der Waals surface area contributed by atoms with Crippen LogP contribution in [-0.2, 0) is 4.74 Å². The molecule has 1 aromatic heterocycles. The zero-order valence-electron chi connectivity index (χ0n) is 11.7. The van der Waals surface area contributed by atoms with Crippen LogP contribution in [0.1, 0.15) is 20.3 Å². The summed E-state index contributed by atoms with van der Waals surface area (Å²) in [5.74, 6) is 0.972. The first-order chi connectivity index (χ1) is 9.67. The largest absolute Gasteiger partial charge is 0.372 e. The average molecular weight is 292 g/mol. The molecule has 0 N–H and O–H groups in total. The number of nitrogens with zero attached hydrogens (tertiary/aromatic N) is 3. The van der Waals surface area contributed by atoms with Crippen molar-refractivity contribution in [2.24, 2.45) is 0 Å². The van der Waals surface area contributed by atoms with Crippen molar-refractivity contribution in [1.29, 1.82) is 0 Å². The van der Waals surface area contributed by atoms with Crippen molar-refractivity contribution in [3.8, 4) is 0 Å². The van der Waals surface area contributed by atoms with E-state index in [1.807, 2.05) is 18.2 Å². The average Bonchev–Trinajstić information content (AvgIpc) is 2.45. The summed E-state index contributed by atoms with van der Waals surface area (Å²) in [6.07, 6.45) is 3.09. The lowest BCUT2D eigenvalue weighted by molar-refractivity contribution is -0.0173. The van der Waals surface area contributed by atoms with E-state index in [-0.39, 0.29) is 12.2 Å². The third kappa shape index (κ3) is 2.58. The van der Waals surface area contributed by atoms with Crippen LogP contribution in [0.5, 0.6) is 0 Å². The molecule has 1 fully saturated rings. The molecule has 0 bridgehead atoms. The lowest BCUT2D eigenvalue weighted by Gasteiger charge is -2.37. The summed E-state index contributed by atoms with van der Waals surface area (Å²) in [6.45, 7) is 5.98. The van der Waals surface area contributed by atoms with E-state index in [9.17, 15) is 0 Å². The first kappa shape index (κ1) is 13.6. The molecule has 0 amide bonds. The van der Waals surface area contributed by atoms with Gasteiger partial charge < -0.3 is 9.64 Å². The Labute approximate surface area is 123 Å². The normalized spacial score (nSPS) is 23.2. The smallest absolute Gasteiger partial charge is 0.140 e. The number of ether oxygens (including phenoxy) is 1. The number of hydrogen-bond acceptors (Lipinski definition) is 4. The maximum absolute atomic E-state index is 6.03. The van der Waals surface area contributed by atoms with Crippen molar-refractivity contribution in [2.45, 2.75) is 32.5 Å². The van der Waals surface area contributed by atoms with E-state index in [2.05, 4.69) is 28.7 Å². The van der Waals surface area contributed by atoms with Gasteiger partial charge in [0.05, 0.1) is 17.7 Å². The van der Waals surface area contributed by atoms with Crippen LogP contribution in [-0.4, -0.2) is 35.3 Å². The molecule has 2 heterocycles. The summed E-state index contributed by atoms with van der Waals surface area (Å²) in [5, 5.41) is 1.74. The standard InChI is InChI=1S/C15H18ClN3O/c1-3-12-8-19(7-10(2)20-12)15-13-5-4-11(16)6-14(13)17-9-18-15/h4-6,9-10,12H,3,7-8H2,1-2H3. The van der Waals surface area contributed by atoms with Crippen molar-refractivity contribution in [3.05, 3.63) is 29.5 Å². The van der Waals surface area contributed by atoms with E-state index in [0.717, 1.165) is 36.2 Å². The molecule has 0 saturated carbocycles. The molecular weight excluding hydrogens is 274 g/mol. The van der Waals surface area contributed by atoms with Gasteiger partial charge in [-0.15, -0.1) is 0 Å². The van der Waals surface area contributed by atoms with Gasteiger partial charge in [0.15, 0.2) is 0 Å². The Balaban J connectivity index is 2.01.